The minimum absolute atomic E-state index is 0.199. The molecule has 0 aromatic carbocycles. The number of nitrogens with zero attached hydrogens (tertiary/aromatic N) is 4. The number of guanidine groups is 1. The van der Waals surface area contributed by atoms with E-state index in [1.807, 2.05) is 25.7 Å². The molecular weight excluding hydrogens is 424 g/mol. The molecule has 2 fully saturated rings. The molecule has 0 bridgehead atoms. The first-order valence-corrected chi connectivity index (χ1v) is 11.9. The molecule has 2 saturated heterocycles. The summed E-state index contributed by atoms with van der Waals surface area (Å²) in [5, 5.41) is 15.6. The molecule has 10 heteroatoms. The molecule has 0 saturated carbocycles. The van der Waals surface area contributed by atoms with E-state index >= 15 is 0 Å². The first kappa shape index (κ1) is 26.9. The van der Waals surface area contributed by atoms with Crippen LogP contribution in [0.3, 0.4) is 0 Å². The lowest BCUT2D eigenvalue weighted by molar-refractivity contribution is -0.124. The Bertz CT molecular complexity index is 738. The van der Waals surface area contributed by atoms with Gasteiger partial charge in [-0.05, 0) is 38.1 Å². The van der Waals surface area contributed by atoms with E-state index < -0.39 is 17.7 Å². The van der Waals surface area contributed by atoms with E-state index in [0.29, 0.717) is 51.6 Å². The first-order chi connectivity index (χ1) is 15.6. The van der Waals surface area contributed by atoms with Crippen molar-refractivity contribution in [3.05, 3.63) is 0 Å². The molecule has 2 aliphatic rings. The van der Waals surface area contributed by atoms with Crippen LogP contribution in [0.4, 0.5) is 4.79 Å². The number of hydrogen-bond acceptors (Lipinski definition) is 7. The van der Waals surface area contributed by atoms with Crippen molar-refractivity contribution < 1.29 is 19.1 Å². The van der Waals surface area contributed by atoms with Crippen LogP contribution < -0.4 is 10.6 Å². The van der Waals surface area contributed by atoms with Crippen LogP contribution in [-0.4, -0.2) is 91.9 Å². The van der Waals surface area contributed by atoms with Gasteiger partial charge >= 0.3 is 6.09 Å². The quantitative estimate of drug-likeness (QED) is 0.435. The summed E-state index contributed by atoms with van der Waals surface area (Å²) in [6.07, 6.45) is 1.42. The van der Waals surface area contributed by atoms with Gasteiger partial charge in [-0.3, -0.25) is 15.0 Å². The number of ether oxygens (including phenoxy) is 2. The van der Waals surface area contributed by atoms with Crippen molar-refractivity contribution in [2.45, 2.75) is 65.5 Å². The van der Waals surface area contributed by atoms with E-state index in [2.05, 4.69) is 28.5 Å². The lowest BCUT2D eigenvalue weighted by Crippen LogP contribution is -2.54. The SMILES string of the molecule is CCCN1CC[C@](C#N)(NC(=O)[C@H](CC(C)(C)C)N=C(NC(=O)OCC)N2CCOCC2)C1. The lowest BCUT2D eigenvalue weighted by atomic mass is 9.87. The maximum atomic E-state index is 13.5. The Balaban J connectivity index is 2.29. The van der Waals surface area contributed by atoms with E-state index in [9.17, 15) is 14.9 Å². The number of nitrogens with one attached hydrogen (secondary N) is 2. The molecule has 33 heavy (non-hydrogen) atoms. The van der Waals surface area contributed by atoms with Crippen LogP contribution in [-0.2, 0) is 14.3 Å². The lowest BCUT2D eigenvalue weighted by Gasteiger charge is -2.32. The summed E-state index contributed by atoms with van der Waals surface area (Å²) in [6, 6.07) is 1.57. The number of morpholine rings is 1. The number of rotatable bonds is 7. The number of carbonyl (C=O) groups excluding carboxylic acids is 2. The van der Waals surface area contributed by atoms with Crippen molar-refractivity contribution in [2.24, 2.45) is 10.4 Å². The number of carbonyl (C=O) groups is 2. The summed E-state index contributed by atoms with van der Waals surface area (Å²) in [5.74, 6) is -0.00701. The third-order valence-electron chi connectivity index (χ3n) is 5.65. The van der Waals surface area contributed by atoms with Crippen LogP contribution >= 0.6 is 0 Å². The highest BCUT2D eigenvalue weighted by atomic mass is 16.5. The van der Waals surface area contributed by atoms with Crippen molar-refractivity contribution in [2.75, 3.05) is 52.5 Å². The largest absolute Gasteiger partial charge is 0.450 e. The van der Waals surface area contributed by atoms with Crippen LogP contribution in [0.15, 0.2) is 4.99 Å². The van der Waals surface area contributed by atoms with E-state index in [4.69, 9.17) is 14.5 Å². The standard InChI is InChI=1S/C23H40N6O4/c1-6-9-28-10-8-23(16-24,17-28)27-19(30)18(15-22(3,4)5)25-20(26-21(31)33-7-2)29-11-13-32-14-12-29/h18H,6-15,17H2,1-5H3,(H,27,30)(H,25,26,31)/t18-,23+/m0/s1. The summed E-state index contributed by atoms with van der Waals surface area (Å²) >= 11 is 0. The predicted molar refractivity (Wildman–Crippen MR) is 126 cm³/mol. The molecule has 0 aromatic rings. The van der Waals surface area contributed by atoms with Crippen LogP contribution in [0.5, 0.6) is 0 Å². The zero-order chi connectivity index (χ0) is 24.5. The van der Waals surface area contributed by atoms with Crippen LogP contribution in [0, 0.1) is 16.7 Å². The van der Waals surface area contributed by atoms with Crippen LogP contribution in [0.2, 0.25) is 0 Å². The molecule has 0 aliphatic carbocycles. The van der Waals surface area contributed by atoms with Crippen molar-refractivity contribution >= 4 is 18.0 Å². The van der Waals surface area contributed by atoms with Gasteiger partial charge in [-0.15, -0.1) is 0 Å². The smallest absolute Gasteiger partial charge is 0.413 e. The summed E-state index contributed by atoms with van der Waals surface area (Å²) in [5.41, 5.74) is -1.12. The zero-order valence-electron chi connectivity index (χ0n) is 20.8. The van der Waals surface area contributed by atoms with E-state index in [1.165, 1.54) is 0 Å². The van der Waals surface area contributed by atoms with Gasteiger partial charge in [0.1, 0.15) is 11.6 Å². The molecule has 0 spiro atoms. The molecule has 186 valence electrons. The van der Waals surface area contributed by atoms with Gasteiger partial charge < -0.3 is 19.7 Å². The normalized spacial score (nSPS) is 23.0. The van der Waals surface area contributed by atoms with Gasteiger partial charge in [-0.1, -0.05) is 27.7 Å². The zero-order valence-corrected chi connectivity index (χ0v) is 20.8. The average molecular weight is 465 g/mol. The molecular formula is C23H40N6O4. The fourth-order valence-electron chi connectivity index (χ4n) is 4.09. The molecule has 10 nitrogen and oxygen atoms in total. The van der Waals surface area contributed by atoms with E-state index in [-0.39, 0.29) is 17.9 Å². The maximum absolute atomic E-state index is 13.5. The Morgan fingerprint density at radius 3 is 2.52 bits per heavy atom. The molecule has 2 aliphatic heterocycles. The fourth-order valence-corrected chi connectivity index (χ4v) is 4.09. The topological polar surface area (TPSA) is 119 Å². The number of nitriles is 1. The predicted octanol–water partition coefficient (Wildman–Crippen LogP) is 1.72. The van der Waals surface area contributed by atoms with Gasteiger partial charge in [0, 0.05) is 26.2 Å². The summed E-state index contributed by atoms with van der Waals surface area (Å²) in [4.78, 5) is 34.4. The highest BCUT2D eigenvalue weighted by Gasteiger charge is 2.41. The van der Waals surface area contributed by atoms with Crippen LogP contribution in [0.25, 0.3) is 0 Å². The van der Waals surface area contributed by atoms with Crippen LogP contribution in [0.1, 0.15) is 53.9 Å². The third kappa shape index (κ3) is 8.48. The molecule has 0 aromatic heterocycles. The van der Waals surface area contributed by atoms with E-state index in [0.717, 1.165) is 19.5 Å². The summed E-state index contributed by atoms with van der Waals surface area (Å²) in [7, 11) is 0. The number of likely N-dealkylation sites (tertiary alicyclic amines) is 1. The Morgan fingerprint density at radius 2 is 1.94 bits per heavy atom. The number of hydrogen-bond donors (Lipinski definition) is 2. The minimum Gasteiger partial charge on any atom is -0.450 e. The van der Waals surface area contributed by atoms with Crippen molar-refractivity contribution in [3.63, 3.8) is 0 Å². The molecule has 2 rings (SSSR count). The molecule has 2 atom stereocenters. The molecule has 2 N–H and O–H groups in total. The minimum atomic E-state index is -0.925. The van der Waals surface area contributed by atoms with Gasteiger partial charge in [-0.25, -0.2) is 9.79 Å². The van der Waals surface area contributed by atoms with E-state index in [1.54, 1.807) is 6.92 Å². The van der Waals surface area contributed by atoms with Crippen molar-refractivity contribution in [1.29, 1.82) is 5.26 Å². The first-order valence-electron chi connectivity index (χ1n) is 11.9. The van der Waals surface area contributed by atoms with Gasteiger partial charge in [0.25, 0.3) is 0 Å². The summed E-state index contributed by atoms with van der Waals surface area (Å²) in [6.45, 7) is 14.4. The second kappa shape index (κ2) is 12.2. The Labute approximate surface area is 197 Å². The number of aliphatic imine (C=N–C) groups is 1. The molecule has 2 heterocycles. The maximum Gasteiger partial charge on any atom is 0.413 e. The van der Waals surface area contributed by atoms with Crippen molar-refractivity contribution in [3.8, 4) is 6.07 Å². The Hall–Kier alpha value is -2.38. The monoisotopic (exact) mass is 464 g/mol. The summed E-state index contributed by atoms with van der Waals surface area (Å²) < 4.78 is 10.5. The van der Waals surface area contributed by atoms with Gasteiger partial charge in [0.2, 0.25) is 11.9 Å². The van der Waals surface area contributed by atoms with Gasteiger partial charge in [0.15, 0.2) is 0 Å². The Kier molecular flexibility index (Phi) is 9.92. The molecule has 2 amide bonds. The second-order valence-corrected chi connectivity index (χ2v) is 9.89. The number of amides is 2. The highest BCUT2D eigenvalue weighted by Crippen LogP contribution is 2.25. The molecule has 0 radical (unpaired) electrons. The second-order valence-electron chi connectivity index (χ2n) is 9.89. The number of alkyl carbamates (subject to hydrolysis) is 1. The average Bonchev–Trinajstić information content (AvgIpc) is 3.16. The third-order valence-corrected chi connectivity index (χ3v) is 5.65. The van der Waals surface area contributed by atoms with Gasteiger partial charge in [-0.2, -0.15) is 5.26 Å². The Morgan fingerprint density at radius 1 is 1.24 bits per heavy atom. The van der Waals surface area contributed by atoms with Crippen molar-refractivity contribution in [1.82, 2.24) is 20.4 Å². The highest BCUT2D eigenvalue weighted by molar-refractivity contribution is 5.96. The van der Waals surface area contributed by atoms with Gasteiger partial charge in [0.05, 0.1) is 25.9 Å². The fraction of sp³-hybridized carbons (Fsp3) is 0.826. The molecule has 0 unspecified atom stereocenters.